The Bertz CT molecular complexity index is 209. The van der Waals surface area contributed by atoms with Crippen molar-refractivity contribution in [3.05, 3.63) is 0 Å². The SMILES string of the molecule is COCC(Cl)CCNC(=O)C1COCCO1. The van der Waals surface area contributed by atoms with Crippen LogP contribution in [0.4, 0.5) is 0 Å². The van der Waals surface area contributed by atoms with E-state index in [1.165, 1.54) is 0 Å². The fraction of sp³-hybridized carbons (Fsp3) is 0.900. The largest absolute Gasteiger partial charge is 0.383 e. The van der Waals surface area contributed by atoms with Crippen LogP contribution in [0.25, 0.3) is 0 Å². The minimum absolute atomic E-state index is 0.0752. The normalized spacial score (nSPS) is 22.8. The zero-order valence-electron chi connectivity index (χ0n) is 9.41. The lowest BCUT2D eigenvalue weighted by Gasteiger charge is -2.22. The third-order valence-corrected chi connectivity index (χ3v) is 2.56. The standard InChI is InChI=1S/C10H18ClNO4/c1-14-6-8(11)2-3-12-10(13)9-7-15-4-5-16-9/h8-9H,2-7H2,1H3,(H,12,13). The van der Waals surface area contributed by atoms with Crippen molar-refractivity contribution in [2.75, 3.05) is 40.1 Å². The van der Waals surface area contributed by atoms with Crippen LogP contribution < -0.4 is 5.32 Å². The molecule has 0 saturated carbocycles. The summed E-state index contributed by atoms with van der Waals surface area (Å²) in [6.07, 6.45) is 0.194. The maximum Gasteiger partial charge on any atom is 0.251 e. The molecule has 16 heavy (non-hydrogen) atoms. The van der Waals surface area contributed by atoms with Gasteiger partial charge in [0.1, 0.15) is 0 Å². The Balaban J connectivity index is 2.09. The molecule has 94 valence electrons. The molecule has 6 heteroatoms. The van der Waals surface area contributed by atoms with Crippen LogP contribution in [0, 0.1) is 0 Å². The molecule has 0 aromatic heterocycles. The average molecular weight is 252 g/mol. The Morgan fingerprint density at radius 3 is 3.06 bits per heavy atom. The second-order valence-corrected chi connectivity index (χ2v) is 4.18. The molecule has 1 heterocycles. The number of carbonyl (C=O) groups is 1. The van der Waals surface area contributed by atoms with E-state index >= 15 is 0 Å². The molecule has 0 aromatic rings. The predicted molar refractivity (Wildman–Crippen MR) is 59.7 cm³/mol. The third kappa shape index (κ3) is 5.12. The lowest BCUT2D eigenvalue weighted by molar-refractivity contribution is -0.147. The Kier molecular flexibility index (Phi) is 6.71. The molecule has 2 atom stereocenters. The topological polar surface area (TPSA) is 56.8 Å². The fourth-order valence-electron chi connectivity index (χ4n) is 1.37. The molecule has 0 radical (unpaired) electrons. The van der Waals surface area contributed by atoms with E-state index in [9.17, 15) is 4.79 Å². The van der Waals surface area contributed by atoms with Gasteiger partial charge in [0.25, 0.3) is 5.91 Å². The van der Waals surface area contributed by atoms with Crippen molar-refractivity contribution in [3.8, 4) is 0 Å². The first kappa shape index (κ1) is 13.7. The van der Waals surface area contributed by atoms with Crippen LogP contribution in [0.15, 0.2) is 0 Å². The number of hydrogen-bond acceptors (Lipinski definition) is 4. The Labute approximate surface area is 100 Å². The summed E-state index contributed by atoms with van der Waals surface area (Å²) in [5.41, 5.74) is 0. The second kappa shape index (κ2) is 7.84. The van der Waals surface area contributed by atoms with E-state index in [1.54, 1.807) is 7.11 Å². The van der Waals surface area contributed by atoms with E-state index in [1.807, 2.05) is 0 Å². The smallest absolute Gasteiger partial charge is 0.251 e. The number of nitrogens with one attached hydrogen (secondary N) is 1. The van der Waals surface area contributed by atoms with Crippen LogP contribution in [0.2, 0.25) is 0 Å². The van der Waals surface area contributed by atoms with Gasteiger partial charge in [-0.3, -0.25) is 4.79 Å². The van der Waals surface area contributed by atoms with Gasteiger partial charge in [0.05, 0.1) is 31.8 Å². The molecule has 0 spiro atoms. The van der Waals surface area contributed by atoms with Crippen molar-refractivity contribution in [2.24, 2.45) is 0 Å². The van der Waals surface area contributed by atoms with E-state index < -0.39 is 6.10 Å². The van der Waals surface area contributed by atoms with Gasteiger partial charge in [-0.15, -0.1) is 11.6 Å². The highest BCUT2D eigenvalue weighted by Gasteiger charge is 2.22. The number of alkyl halides is 1. The maximum absolute atomic E-state index is 11.5. The molecule has 1 aliphatic rings. The first-order valence-corrected chi connectivity index (χ1v) is 5.77. The van der Waals surface area contributed by atoms with Gasteiger partial charge in [0, 0.05) is 13.7 Å². The van der Waals surface area contributed by atoms with Gasteiger partial charge in [-0.05, 0) is 6.42 Å². The minimum atomic E-state index is -0.482. The number of hydrogen-bond donors (Lipinski definition) is 1. The molecule has 0 aromatic carbocycles. The molecule has 1 rings (SSSR count). The average Bonchev–Trinajstić information content (AvgIpc) is 2.30. The van der Waals surface area contributed by atoms with Crippen molar-refractivity contribution in [1.29, 1.82) is 0 Å². The van der Waals surface area contributed by atoms with Gasteiger partial charge in [0.2, 0.25) is 0 Å². The first-order valence-electron chi connectivity index (χ1n) is 5.34. The number of halogens is 1. The summed E-state index contributed by atoms with van der Waals surface area (Å²) in [4.78, 5) is 11.5. The van der Waals surface area contributed by atoms with Gasteiger partial charge in [-0.1, -0.05) is 0 Å². The van der Waals surface area contributed by atoms with Crippen molar-refractivity contribution < 1.29 is 19.0 Å². The maximum atomic E-state index is 11.5. The summed E-state index contributed by atoms with van der Waals surface area (Å²) in [7, 11) is 1.60. The number of rotatable bonds is 6. The highest BCUT2D eigenvalue weighted by Crippen LogP contribution is 2.03. The van der Waals surface area contributed by atoms with E-state index in [-0.39, 0.29) is 11.3 Å². The molecule has 0 aliphatic carbocycles. The molecule has 1 N–H and O–H groups in total. The zero-order valence-corrected chi connectivity index (χ0v) is 10.2. The minimum Gasteiger partial charge on any atom is -0.383 e. The number of carbonyl (C=O) groups excluding carboxylic acids is 1. The van der Waals surface area contributed by atoms with Crippen LogP contribution in [-0.2, 0) is 19.0 Å². The van der Waals surface area contributed by atoms with Crippen LogP contribution in [0.3, 0.4) is 0 Å². The van der Waals surface area contributed by atoms with Gasteiger partial charge in [0.15, 0.2) is 6.10 Å². The van der Waals surface area contributed by atoms with Crippen molar-refractivity contribution in [2.45, 2.75) is 17.9 Å². The lowest BCUT2D eigenvalue weighted by Crippen LogP contribution is -2.43. The van der Waals surface area contributed by atoms with E-state index in [0.717, 1.165) is 0 Å². The monoisotopic (exact) mass is 251 g/mol. The summed E-state index contributed by atoms with van der Waals surface area (Å²) >= 11 is 5.92. The van der Waals surface area contributed by atoms with Gasteiger partial charge >= 0.3 is 0 Å². The molecule has 1 saturated heterocycles. The highest BCUT2D eigenvalue weighted by atomic mass is 35.5. The Morgan fingerprint density at radius 1 is 1.62 bits per heavy atom. The quantitative estimate of drug-likeness (QED) is 0.684. The van der Waals surface area contributed by atoms with Crippen molar-refractivity contribution in [3.63, 3.8) is 0 Å². The van der Waals surface area contributed by atoms with Crippen LogP contribution >= 0.6 is 11.6 Å². The molecule has 1 amide bonds. The molecule has 0 bridgehead atoms. The van der Waals surface area contributed by atoms with Crippen molar-refractivity contribution >= 4 is 17.5 Å². The number of amides is 1. The third-order valence-electron chi connectivity index (χ3n) is 2.21. The highest BCUT2D eigenvalue weighted by molar-refractivity contribution is 6.20. The fourth-order valence-corrected chi connectivity index (χ4v) is 1.60. The van der Waals surface area contributed by atoms with Gasteiger partial charge < -0.3 is 19.5 Å². The predicted octanol–water partition coefficient (Wildman–Crippen LogP) is 0.162. The van der Waals surface area contributed by atoms with Crippen LogP contribution in [0.5, 0.6) is 0 Å². The molecule has 1 fully saturated rings. The first-order chi connectivity index (χ1) is 7.74. The summed E-state index contributed by atoms with van der Waals surface area (Å²) in [6, 6.07) is 0. The summed E-state index contributed by atoms with van der Waals surface area (Å²) in [5, 5.41) is 2.68. The summed E-state index contributed by atoms with van der Waals surface area (Å²) in [5.74, 6) is -0.138. The summed E-state index contributed by atoms with van der Waals surface area (Å²) < 4.78 is 15.3. The molecule has 5 nitrogen and oxygen atoms in total. The molecular formula is C10H18ClNO4. The molecular weight excluding hydrogens is 234 g/mol. The molecule has 2 unspecified atom stereocenters. The summed E-state index contributed by atoms with van der Waals surface area (Å²) in [6.45, 7) is 2.37. The Hall–Kier alpha value is -0.360. The number of methoxy groups -OCH3 is 1. The molecule has 1 aliphatic heterocycles. The van der Waals surface area contributed by atoms with E-state index in [0.29, 0.717) is 39.4 Å². The zero-order chi connectivity index (χ0) is 11.8. The Morgan fingerprint density at radius 2 is 2.44 bits per heavy atom. The van der Waals surface area contributed by atoms with Gasteiger partial charge in [-0.25, -0.2) is 0 Å². The van der Waals surface area contributed by atoms with Crippen LogP contribution in [-0.4, -0.2) is 57.5 Å². The van der Waals surface area contributed by atoms with E-state index in [4.69, 9.17) is 25.8 Å². The van der Waals surface area contributed by atoms with Crippen molar-refractivity contribution in [1.82, 2.24) is 5.32 Å². The number of ether oxygens (including phenoxy) is 3. The lowest BCUT2D eigenvalue weighted by atomic mass is 10.3. The second-order valence-electron chi connectivity index (χ2n) is 3.57. The van der Waals surface area contributed by atoms with Gasteiger partial charge in [-0.2, -0.15) is 0 Å². The van der Waals surface area contributed by atoms with E-state index in [2.05, 4.69) is 5.32 Å². The van der Waals surface area contributed by atoms with Crippen LogP contribution in [0.1, 0.15) is 6.42 Å².